The zero-order chi connectivity index (χ0) is 12.3. The van der Waals surface area contributed by atoms with Gasteiger partial charge < -0.3 is 5.73 Å². The van der Waals surface area contributed by atoms with Gasteiger partial charge in [-0.1, -0.05) is 44.4 Å². The standard InChI is InChI=1S/C15H21NO/c1-11(12-7-3-2-4-8-12)13-9-5-6-10-14(13)15(16)17/h5-6,9-12H,2-4,7-8H2,1H3,(H2,16,17). The number of benzene rings is 1. The van der Waals surface area contributed by atoms with E-state index >= 15 is 0 Å². The van der Waals surface area contributed by atoms with E-state index in [-0.39, 0.29) is 5.91 Å². The third kappa shape index (κ3) is 2.68. The summed E-state index contributed by atoms with van der Waals surface area (Å²) in [6, 6.07) is 7.79. The van der Waals surface area contributed by atoms with Gasteiger partial charge in [-0.3, -0.25) is 4.79 Å². The smallest absolute Gasteiger partial charge is 0.248 e. The fraction of sp³-hybridized carbons (Fsp3) is 0.533. The fourth-order valence-corrected chi connectivity index (χ4v) is 3.01. The molecule has 0 aliphatic heterocycles. The van der Waals surface area contributed by atoms with Crippen LogP contribution in [0, 0.1) is 5.92 Å². The van der Waals surface area contributed by atoms with Gasteiger partial charge in [0.2, 0.25) is 5.91 Å². The lowest BCUT2D eigenvalue weighted by Crippen LogP contribution is -2.19. The van der Waals surface area contributed by atoms with E-state index in [0.29, 0.717) is 17.4 Å². The third-order valence-corrected chi connectivity index (χ3v) is 4.07. The van der Waals surface area contributed by atoms with Crippen LogP contribution in [0.1, 0.15) is 60.9 Å². The van der Waals surface area contributed by atoms with Crippen LogP contribution in [-0.4, -0.2) is 5.91 Å². The highest BCUT2D eigenvalue weighted by atomic mass is 16.1. The molecule has 1 aliphatic carbocycles. The van der Waals surface area contributed by atoms with Crippen LogP contribution in [0.25, 0.3) is 0 Å². The maximum Gasteiger partial charge on any atom is 0.248 e. The molecule has 92 valence electrons. The highest BCUT2D eigenvalue weighted by molar-refractivity contribution is 5.94. The lowest BCUT2D eigenvalue weighted by molar-refractivity contribution is 0.0998. The van der Waals surface area contributed by atoms with E-state index in [4.69, 9.17) is 5.73 Å². The fourth-order valence-electron chi connectivity index (χ4n) is 3.01. The first kappa shape index (κ1) is 12.2. The molecular weight excluding hydrogens is 210 g/mol. The number of primary amides is 1. The van der Waals surface area contributed by atoms with Gasteiger partial charge in [-0.2, -0.15) is 0 Å². The van der Waals surface area contributed by atoms with E-state index < -0.39 is 0 Å². The summed E-state index contributed by atoms with van der Waals surface area (Å²) >= 11 is 0. The molecule has 0 aromatic heterocycles. The Labute approximate surface area is 103 Å². The summed E-state index contributed by atoms with van der Waals surface area (Å²) < 4.78 is 0. The van der Waals surface area contributed by atoms with Crippen LogP contribution in [-0.2, 0) is 0 Å². The predicted octanol–water partition coefficient (Wildman–Crippen LogP) is 3.47. The highest BCUT2D eigenvalue weighted by Crippen LogP contribution is 2.36. The average Bonchev–Trinajstić information content (AvgIpc) is 2.39. The molecule has 1 aromatic rings. The molecule has 1 amide bonds. The molecule has 1 aliphatic rings. The quantitative estimate of drug-likeness (QED) is 0.850. The highest BCUT2D eigenvalue weighted by Gasteiger charge is 2.23. The Balaban J connectivity index is 2.23. The van der Waals surface area contributed by atoms with Crippen molar-refractivity contribution in [3.05, 3.63) is 35.4 Å². The van der Waals surface area contributed by atoms with Crippen LogP contribution in [0.4, 0.5) is 0 Å². The number of carbonyl (C=O) groups excluding carboxylic acids is 1. The maximum absolute atomic E-state index is 11.4. The second kappa shape index (κ2) is 5.35. The molecule has 2 heteroatoms. The Bertz CT molecular complexity index is 394. The van der Waals surface area contributed by atoms with Crippen molar-refractivity contribution in [3.63, 3.8) is 0 Å². The largest absolute Gasteiger partial charge is 0.366 e. The van der Waals surface area contributed by atoms with Gasteiger partial charge in [-0.25, -0.2) is 0 Å². The first-order chi connectivity index (χ1) is 8.20. The molecule has 17 heavy (non-hydrogen) atoms. The van der Waals surface area contributed by atoms with Gasteiger partial charge in [-0.15, -0.1) is 0 Å². The Morgan fingerprint density at radius 1 is 1.24 bits per heavy atom. The minimum Gasteiger partial charge on any atom is -0.366 e. The number of hydrogen-bond acceptors (Lipinski definition) is 1. The van der Waals surface area contributed by atoms with Crippen molar-refractivity contribution >= 4 is 5.91 Å². The van der Waals surface area contributed by atoms with E-state index in [0.717, 1.165) is 5.56 Å². The van der Waals surface area contributed by atoms with Gasteiger partial charge in [0.05, 0.1) is 0 Å². The van der Waals surface area contributed by atoms with Crippen molar-refractivity contribution in [2.24, 2.45) is 11.7 Å². The predicted molar refractivity (Wildman–Crippen MR) is 69.9 cm³/mol. The van der Waals surface area contributed by atoms with Gasteiger partial charge in [-0.05, 0) is 36.3 Å². The van der Waals surface area contributed by atoms with Gasteiger partial charge >= 0.3 is 0 Å². The van der Waals surface area contributed by atoms with Crippen molar-refractivity contribution in [2.45, 2.75) is 44.9 Å². The van der Waals surface area contributed by atoms with E-state index in [1.165, 1.54) is 32.1 Å². The second-order valence-corrected chi connectivity index (χ2v) is 5.14. The van der Waals surface area contributed by atoms with Crippen LogP contribution in [0.2, 0.25) is 0 Å². The van der Waals surface area contributed by atoms with Crippen molar-refractivity contribution in [1.29, 1.82) is 0 Å². The number of hydrogen-bond donors (Lipinski definition) is 1. The van der Waals surface area contributed by atoms with Gasteiger partial charge in [0, 0.05) is 5.56 Å². The Morgan fingerprint density at radius 3 is 2.53 bits per heavy atom. The van der Waals surface area contributed by atoms with Crippen LogP contribution in [0.5, 0.6) is 0 Å². The van der Waals surface area contributed by atoms with Crippen molar-refractivity contribution in [1.82, 2.24) is 0 Å². The molecule has 1 unspecified atom stereocenters. The number of rotatable bonds is 3. The molecule has 0 spiro atoms. The molecule has 0 heterocycles. The summed E-state index contributed by atoms with van der Waals surface area (Å²) in [7, 11) is 0. The first-order valence-corrected chi connectivity index (χ1v) is 6.59. The number of carbonyl (C=O) groups is 1. The molecule has 0 bridgehead atoms. The van der Waals surface area contributed by atoms with Crippen molar-refractivity contribution in [2.75, 3.05) is 0 Å². The van der Waals surface area contributed by atoms with Crippen molar-refractivity contribution in [3.8, 4) is 0 Å². The summed E-state index contributed by atoms with van der Waals surface area (Å²) in [6.45, 7) is 2.23. The molecule has 1 aromatic carbocycles. The molecule has 0 radical (unpaired) electrons. The lowest BCUT2D eigenvalue weighted by atomic mass is 9.76. The van der Waals surface area contributed by atoms with E-state index in [1.54, 1.807) is 0 Å². The van der Waals surface area contributed by atoms with Crippen LogP contribution in [0.3, 0.4) is 0 Å². The summed E-state index contributed by atoms with van der Waals surface area (Å²) in [4.78, 5) is 11.4. The van der Waals surface area contributed by atoms with Gasteiger partial charge in [0.25, 0.3) is 0 Å². The lowest BCUT2D eigenvalue weighted by Gasteiger charge is -2.28. The molecular formula is C15H21NO. The number of amides is 1. The maximum atomic E-state index is 11.4. The Hall–Kier alpha value is -1.31. The van der Waals surface area contributed by atoms with Crippen LogP contribution < -0.4 is 5.73 Å². The minimum atomic E-state index is -0.303. The van der Waals surface area contributed by atoms with Crippen LogP contribution in [0.15, 0.2) is 24.3 Å². The minimum absolute atomic E-state index is 0.303. The zero-order valence-electron chi connectivity index (χ0n) is 10.5. The SMILES string of the molecule is CC(c1ccccc1C(N)=O)C1CCCCC1. The van der Waals surface area contributed by atoms with Gasteiger partial charge in [0.15, 0.2) is 0 Å². The van der Waals surface area contributed by atoms with E-state index in [9.17, 15) is 4.79 Å². The number of nitrogens with two attached hydrogens (primary N) is 1. The molecule has 1 fully saturated rings. The molecule has 0 saturated heterocycles. The topological polar surface area (TPSA) is 43.1 Å². The van der Waals surface area contributed by atoms with Crippen LogP contribution >= 0.6 is 0 Å². The summed E-state index contributed by atoms with van der Waals surface area (Å²) in [5, 5.41) is 0. The zero-order valence-corrected chi connectivity index (χ0v) is 10.5. The first-order valence-electron chi connectivity index (χ1n) is 6.59. The molecule has 2 rings (SSSR count). The van der Waals surface area contributed by atoms with Crippen molar-refractivity contribution < 1.29 is 4.79 Å². The molecule has 1 saturated carbocycles. The third-order valence-electron chi connectivity index (χ3n) is 4.07. The normalized spacial score (nSPS) is 18.9. The second-order valence-electron chi connectivity index (χ2n) is 5.14. The Kier molecular flexibility index (Phi) is 3.82. The summed E-state index contributed by atoms with van der Waals surface area (Å²) in [5.74, 6) is 0.853. The summed E-state index contributed by atoms with van der Waals surface area (Å²) in [6.07, 6.45) is 6.59. The monoisotopic (exact) mass is 231 g/mol. The molecule has 1 atom stereocenters. The molecule has 2 nitrogen and oxygen atoms in total. The molecule has 2 N–H and O–H groups in total. The summed E-state index contributed by atoms with van der Waals surface area (Å²) in [5.41, 5.74) is 7.27. The van der Waals surface area contributed by atoms with E-state index in [1.807, 2.05) is 18.2 Å². The van der Waals surface area contributed by atoms with E-state index in [2.05, 4.69) is 13.0 Å². The van der Waals surface area contributed by atoms with Gasteiger partial charge in [0.1, 0.15) is 0 Å². The Morgan fingerprint density at radius 2 is 1.88 bits per heavy atom. The average molecular weight is 231 g/mol.